The second-order valence-corrected chi connectivity index (χ2v) is 7.32. The zero-order chi connectivity index (χ0) is 20.3. The highest BCUT2D eigenvalue weighted by Crippen LogP contribution is 2.40. The molecule has 0 fully saturated rings. The molecular weight excluding hydrogens is 364 g/mol. The van der Waals surface area contributed by atoms with Gasteiger partial charge in [-0.15, -0.1) is 0 Å². The Balaban J connectivity index is 1.82. The molecule has 0 aliphatic carbocycles. The lowest BCUT2D eigenvalue weighted by atomic mass is 9.86. The molecule has 0 heterocycles. The zero-order valence-corrected chi connectivity index (χ0v) is 16.5. The van der Waals surface area contributed by atoms with E-state index in [1.165, 1.54) is 0 Å². The molecule has 0 radical (unpaired) electrons. The maximum absolute atomic E-state index is 13.4. The van der Waals surface area contributed by atoms with Crippen molar-refractivity contribution in [2.24, 2.45) is 0 Å². The van der Waals surface area contributed by atoms with Crippen molar-refractivity contribution in [1.29, 1.82) is 0 Å². The van der Waals surface area contributed by atoms with Gasteiger partial charge in [-0.1, -0.05) is 121 Å². The van der Waals surface area contributed by atoms with Crippen LogP contribution >= 0.6 is 0 Å². The molecule has 0 atom stereocenters. The van der Waals surface area contributed by atoms with E-state index in [2.05, 4.69) is 66.7 Å². The maximum Gasteiger partial charge on any atom is 0.193 e. The van der Waals surface area contributed by atoms with Crippen molar-refractivity contribution in [2.45, 2.75) is 0 Å². The second-order valence-electron chi connectivity index (χ2n) is 7.32. The smallest absolute Gasteiger partial charge is 0.193 e. The van der Waals surface area contributed by atoms with Gasteiger partial charge in [-0.05, 0) is 33.0 Å². The molecular formula is C29H20O. The van der Waals surface area contributed by atoms with Crippen LogP contribution in [-0.2, 0) is 0 Å². The molecule has 0 aliphatic heterocycles. The van der Waals surface area contributed by atoms with Crippen LogP contribution in [0.15, 0.2) is 121 Å². The molecule has 0 aromatic heterocycles. The number of hydrogen-bond acceptors (Lipinski definition) is 1. The van der Waals surface area contributed by atoms with Gasteiger partial charge in [0.1, 0.15) is 0 Å². The van der Waals surface area contributed by atoms with Gasteiger partial charge >= 0.3 is 0 Å². The van der Waals surface area contributed by atoms with E-state index in [1.54, 1.807) is 0 Å². The molecule has 0 aliphatic rings. The summed E-state index contributed by atoms with van der Waals surface area (Å²) >= 11 is 0. The highest BCUT2D eigenvalue weighted by atomic mass is 16.1. The summed E-state index contributed by atoms with van der Waals surface area (Å²) in [6, 6.07) is 40.5. The number of ketones is 1. The molecule has 1 nitrogen and oxygen atoms in total. The minimum absolute atomic E-state index is 0.0399. The molecule has 0 N–H and O–H groups in total. The number of rotatable bonds is 4. The Morgan fingerprint density at radius 3 is 1.93 bits per heavy atom. The van der Waals surface area contributed by atoms with Crippen molar-refractivity contribution in [3.05, 3.63) is 132 Å². The third kappa shape index (κ3) is 3.21. The van der Waals surface area contributed by atoms with Crippen molar-refractivity contribution < 1.29 is 4.79 Å². The van der Waals surface area contributed by atoms with Gasteiger partial charge in [0.25, 0.3) is 0 Å². The standard InChI is InChI=1S/C29H20O/c30-29(23-14-5-2-6-15-23)27-18-10-9-17-26(27)28-24-16-8-7-13-22(24)19-20-25(28)21-11-3-1-4-12-21/h1-20H. The van der Waals surface area contributed by atoms with Crippen LogP contribution in [0, 0.1) is 0 Å². The lowest BCUT2D eigenvalue weighted by Gasteiger charge is -2.17. The van der Waals surface area contributed by atoms with Crippen LogP contribution in [0.1, 0.15) is 15.9 Å². The first-order valence-electron chi connectivity index (χ1n) is 10.1. The van der Waals surface area contributed by atoms with Gasteiger partial charge in [-0.25, -0.2) is 0 Å². The van der Waals surface area contributed by atoms with Crippen LogP contribution in [-0.4, -0.2) is 5.78 Å². The van der Waals surface area contributed by atoms with E-state index in [4.69, 9.17) is 0 Å². The molecule has 0 saturated carbocycles. The summed E-state index contributed by atoms with van der Waals surface area (Å²) in [5.41, 5.74) is 5.74. The van der Waals surface area contributed by atoms with Gasteiger partial charge in [-0.2, -0.15) is 0 Å². The van der Waals surface area contributed by atoms with E-state index in [1.807, 2.05) is 54.6 Å². The average Bonchev–Trinajstić information content (AvgIpc) is 2.84. The predicted octanol–water partition coefficient (Wildman–Crippen LogP) is 7.40. The van der Waals surface area contributed by atoms with Crippen molar-refractivity contribution in [1.82, 2.24) is 0 Å². The molecule has 1 heteroatoms. The van der Waals surface area contributed by atoms with Crippen LogP contribution in [0.25, 0.3) is 33.0 Å². The first-order chi connectivity index (χ1) is 14.8. The SMILES string of the molecule is O=C(c1ccccc1)c1ccccc1-c1c(-c2ccccc2)ccc2ccccc12. The molecule has 0 saturated heterocycles. The van der Waals surface area contributed by atoms with Crippen LogP contribution in [0.5, 0.6) is 0 Å². The molecule has 5 rings (SSSR count). The zero-order valence-electron chi connectivity index (χ0n) is 16.5. The van der Waals surface area contributed by atoms with Crippen LogP contribution in [0.2, 0.25) is 0 Å². The van der Waals surface area contributed by atoms with Gasteiger partial charge in [0.15, 0.2) is 5.78 Å². The third-order valence-corrected chi connectivity index (χ3v) is 5.49. The van der Waals surface area contributed by atoms with E-state index in [-0.39, 0.29) is 5.78 Å². The second kappa shape index (κ2) is 7.81. The number of benzene rings is 5. The van der Waals surface area contributed by atoms with Crippen molar-refractivity contribution in [3.8, 4) is 22.3 Å². The molecule has 5 aromatic carbocycles. The fourth-order valence-corrected chi connectivity index (χ4v) is 4.06. The Labute approximate surface area is 176 Å². The average molecular weight is 384 g/mol. The molecule has 0 unspecified atom stereocenters. The molecule has 0 spiro atoms. The Kier molecular flexibility index (Phi) is 4.71. The summed E-state index contributed by atoms with van der Waals surface area (Å²) in [5, 5.41) is 2.31. The summed E-state index contributed by atoms with van der Waals surface area (Å²) in [5.74, 6) is 0.0399. The Bertz CT molecular complexity index is 1340. The summed E-state index contributed by atoms with van der Waals surface area (Å²) in [7, 11) is 0. The third-order valence-electron chi connectivity index (χ3n) is 5.49. The van der Waals surface area contributed by atoms with Crippen LogP contribution < -0.4 is 0 Å². The van der Waals surface area contributed by atoms with E-state index >= 15 is 0 Å². The van der Waals surface area contributed by atoms with Crippen molar-refractivity contribution in [2.75, 3.05) is 0 Å². The lowest BCUT2D eigenvalue weighted by Crippen LogP contribution is -2.04. The summed E-state index contributed by atoms with van der Waals surface area (Å²) in [6.07, 6.45) is 0. The highest BCUT2D eigenvalue weighted by Gasteiger charge is 2.19. The molecule has 0 bridgehead atoms. The Morgan fingerprint density at radius 1 is 0.500 bits per heavy atom. The van der Waals surface area contributed by atoms with Gasteiger partial charge in [0, 0.05) is 11.1 Å². The maximum atomic E-state index is 13.4. The number of carbonyl (C=O) groups excluding carboxylic acids is 1. The highest BCUT2D eigenvalue weighted by molar-refractivity contribution is 6.16. The lowest BCUT2D eigenvalue weighted by molar-refractivity contribution is 0.103. The fraction of sp³-hybridized carbons (Fsp3) is 0. The monoisotopic (exact) mass is 384 g/mol. The molecule has 5 aromatic rings. The van der Waals surface area contributed by atoms with Crippen LogP contribution in [0.3, 0.4) is 0 Å². The molecule has 30 heavy (non-hydrogen) atoms. The van der Waals surface area contributed by atoms with E-state index in [0.29, 0.717) is 5.56 Å². The van der Waals surface area contributed by atoms with Gasteiger partial charge in [0.05, 0.1) is 0 Å². The quantitative estimate of drug-likeness (QED) is 0.295. The number of fused-ring (bicyclic) bond motifs is 1. The minimum atomic E-state index is 0.0399. The Morgan fingerprint density at radius 2 is 1.13 bits per heavy atom. The molecule has 0 amide bonds. The van der Waals surface area contributed by atoms with Crippen molar-refractivity contribution in [3.63, 3.8) is 0 Å². The topological polar surface area (TPSA) is 17.1 Å². The summed E-state index contributed by atoms with van der Waals surface area (Å²) in [6.45, 7) is 0. The van der Waals surface area contributed by atoms with Gasteiger partial charge in [-0.3, -0.25) is 4.79 Å². The van der Waals surface area contributed by atoms with E-state index in [0.717, 1.165) is 38.6 Å². The first kappa shape index (κ1) is 18.1. The summed E-state index contributed by atoms with van der Waals surface area (Å²) in [4.78, 5) is 13.4. The van der Waals surface area contributed by atoms with Gasteiger partial charge < -0.3 is 0 Å². The fourth-order valence-electron chi connectivity index (χ4n) is 4.06. The largest absolute Gasteiger partial charge is 0.289 e. The Hall–Kier alpha value is -3.97. The summed E-state index contributed by atoms with van der Waals surface area (Å²) < 4.78 is 0. The normalized spacial score (nSPS) is 10.8. The van der Waals surface area contributed by atoms with Crippen LogP contribution in [0.4, 0.5) is 0 Å². The first-order valence-corrected chi connectivity index (χ1v) is 10.1. The number of hydrogen-bond donors (Lipinski definition) is 0. The van der Waals surface area contributed by atoms with E-state index in [9.17, 15) is 4.79 Å². The van der Waals surface area contributed by atoms with Crippen molar-refractivity contribution >= 4 is 16.6 Å². The predicted molar refractivity (Wildman–Crippen MR) is 125 cm³/mol. The van der Waals surface area contributed by atoms with E-state index < -0.39 is 0 Å². The number of carbonyl (C=O) groups is 1. The molecule has 142 valence electrons. The van der Waals surface area contributed by atoms with Gasteiger partial charge in [0.2, 0.25) is 0 Å². The minimum Gasteiger partial charge on any atom is -0.289 e.